The molecule has 2 aromatic heterocycles. The molecular formula is C13H10ClNO2. The molecule has 17 heavy (non-hydrogen) atoms. The minimum absolute atomic E-state index is 0.0620. The van der Waals surface area contributed by atoms with E-state index in [0.29, 0.717) is 16.4 Å². The second-order valence-electron chi connectivity index (χ2n) is 3.93. The maximum absolute atomic E-state index is 9.34. The third-order valence-corrected chi connectivity index (χ3v) is 3.27. The Bertz CT molecular complexity index is 718. The highest BCUT2D eigenvalue weighted by atomic mass is 35.5. The number of aromatic nitrogens is 1. The highest BCUT2D eigenvalue weighted by Gasteiger charge is 2.15. The summed E-state index contributed by atoms with van der Waals surface area (Å²) >= 11 is 6.21. The first kappa shape index (κ1) is 10.6. The summed E-state index contributed by atoms with van der Waals surface area (Å²) in [6.45, 7) is 1.77. The second kappa shape index (κ2) is 3.72. The van der Waals surface area contributed by atoms with Gasteiger partial charge in [0.25, 0.3) is 0 Å². The summed E-state index contributed by atoms with van der Waals surface area (Å²) in [7, 11) is 0. The monoisotopic (exact) mass is 247 g/mol. The molecule has 0 fully saturated rings. The van der Waals surface area contributed by atoms with Crippen LogP contribution in [0.15, 0.2) is 28.8 Å². The number of hydrogen-bond acceptors (Lipinski definition) is 3. The van der Waals surface area contributed by atoms with Gasteiger partial charge in [-0.15, -0.1) is 0 Å². The molecule has 0 aliphatic carbocycles. The summed E-state index contributed by atoms with van der Waals surface area (Å²) < 4.78 is 5.68. The van der Waals surface area contributed by atoms with E-state index in [1.54, 1.807) is 6.20 Å². The Morgan fingerprint density at radius 2 is 2.24 bits per heavy atom. The Morgan fingerprint density at radius 1 is 1.41 bits per heavy atom. The predicted molar refractivity (Wildman–Crippen MR) is 67.2 cm³/mol. The van der Waals surface area contributed by atoms with Crippen LogP contribution in [0.2, 0.25) is 5.02 Å². The van der Waals surface area contributed by atoms with Crippen LogP contribution in [0.25, 0.3) is 21.9 Å². The maximum Gasteiger partial charge on any atom is 0.160 e. The van der Waals surface area contributed by atoms with Crippen LogP contribution < -0.4 is 0 Å². The first-order chi connectivity index (χ1) is 8.22. The summed E-state index contributed by atoms with van der Waals surface area (Å²) in [5.74, 6) is 0.705. The van der Waals surface area contributed by atoms with Gasteiger partial charge in [-0.25, -0.2) is 0 Å². The Morgan fingerprint density at radius 3 is 3.00 bits per heavy atom. The van der Waals surface area contributed by atoms with Crippen molar-refractivity contribution in [3.63, 3.8) is 0 Å². The fourth-order valence-electron chi connectivity index (χ4n) is 2.10. The van der Waals surface area contributed by atoms with Gasteiger partial charge in [-0.2, -0.15) is 0 Å². The topological polar surface area (TPSA) is 46.3 Å². The maximum atomic E-state index is 9.34. The number of nitrogens with zero attached hydrogens (tertiary/aromatic N) is 1. The second-order valence-corrected chi connectivity index (χ2v) is 4.34. The molecule has 86 valence electrons. The number of hydrogen-bond donors (Lipinski definition) is 1. The molecule has 3 nitrogen and oxygen atoms in total. The Labute approximate surface area is 103 Å². The molecule has 1 N–H and O–H groups in total. The van der Waals surface area contributed by atoms with Crippen molar-refractivity contribution < 1.29 is 9.52 Å². The largest absolute Gasteiger partial charge is 0.459 e. The molecule has 0 aliphatic rings. The van der Waals surface area contributed by atoms with Gasteiger partial charge < -0.3 is 9.52 Å². The summed E-state index contributed by atoms with van der Waals surface area (Å²) in [5, 5.41) is 11.7. The van der Waals surface area contributed by atoms with Gasteiger partial charge in [-0.1, -0.05) is 11.6 Å². The molecule has 3 aromatic rings. The van der Waals surface area contributed by atoms with E-state index in [4.69, 9.17) is 16.0 Å². The van der Waals surface area contributed by atoms with Crippen molar-refractivity contribution in [3.05, 3.63) is 40.7 Å². The van der Waals surface area contributed by atoms with Gasteiger partial charge in [-0.05, 0) is 25.1 Å². The molecule has 0 radical (unpaired) electrons. The molecular weight excluding hydrogens is 238 g/mol. The lowest BCUT2D eigenvalue weighted by Gasteiger charge is -2.00. The zero-order valence-corrected chi connectivity index (χ0v) is 9.95. The van der Waals surface area contributed by atoms with Crippen LogP contribution in [0.3, 0.4) is 0 Å². The van der Waals surface area contributed by atoms with E-state index in [1.807, 2.05) is 25.1 Å². The van der Waals surface area contributed by atoms with Crippen molar-refractivity contribution in [1.82, 2.24) is 4.98 Å². The number of furan rings is 1. The van der Waals surface area contributed by atoms with Gasteiger partial charge in [0.2, 0.25) is 0 Å². The number of fused-ring (bicyclic) bond motifs is 3. The van der Waals surface area contributed by atoms with Crippen molar-refractivity contribution in [1.29, 1.82) is 0 Å². The molecule has 0 bridgehead atoms. The molecule has 0 unspecified atom stereocenters. The smallest absolute Gasteiger partial charge is 0.160 e. The fraction of sp³-hybridized carbons (Fsp3) is 0.154. The predicted octanol–water partition coefficient (Wildman–Crippen LogP) is 3.44. The third kappa shape index (κ3) is 1.43. The summed E-state index contributed by atoms with van der Waals surface area (Å²) in [4.78, 5) is 4.30. The van der Waals surface area contributed by atoms with E-state index in [-0.39, 0.29) is 6.61 Å². The summed E-state index contributed by atoms with van der Waals surface area (Å²) in [5.41, 5.74) is 2.19. The number of aryl methyl sites for hydroxylation is 1. The van der Waals surface area contributed by atoms with Crippen LogP contribution in [-0.2, 0) is 6.61 Å². The summed E-state index contributed by atoms with van der Waals surface area (Å²) in [6, 6.07) is 5.56. The molecule has 2 heterocycles. The van der Waals surface area contributed by atoms with Crippen LogP contribution >= 0.6 is 11.6 Å². The number of pyridine rings is 1. The Balaban J connectivity index is 2.57. The molecule has 0 saturated heterocycles. The van der Waals surface area contributed by atoms with E-state index >= 15 is 0 Å². The lowest BCUT2D eigenvalue weighted by atomic mass is 10.1. The van der Waals surface area contributed by atoms with Gasteiger partial charge in [0.1, 0.15) is 11.3 Å². The van der Waals surface area contributed by atoms with Crippen molar-refractivity contribution in [3.8, 4) is 0 Å². The van der Waals surface area contributed by atoms with Gasteiger partial charge in [0, 0.05) is 22.5 Å². The van der Waals surface area contributed by atoms with Crippen molar-refractivity contribution in [2.45, 2.75) is 13.5 Å². The van der Waals surface area contributed by atoms with Gasteiger partial charge in [-0.3, -0.25) is 4.98 Å². The van der Waals surface area contributed by atoms with Gasteiger partial charge in [0.05, 0.1) is 11.6 Å². The van der Waals surface area contributed by atoms with Crippen molar-refractivity contribution in [2.24, 2.45) is 0 Å². The van der Waals surface area contributed by atoms with Gasteiger partial charge in [0.15, 0.2) is 5.58 Å². The van der Waals surface area contributed by atoms with E-state index in [1.165, 1.54) is 0 Å². The molecule has 1 aromatic carbocycles. The normalized spacial score (nSPS) is 11.5. The highest BCUT2D eigenvalue weighted by molar-refractivity contribution is 6.37. The molecule has 3 rings (SSSR count). The van der Waals surface area contributed by atoms with Crippen LogP contribution in [0.4, 0.5) is 0 Å². The van der Waals surface area contributed by atoms with Crippen LogP contribution in [0.1, 0.15) is 11.3 Å². The molecule has 0 spiro atoms. The van der Waals surface area contributed by atoms with Crippen LogP contribution in [-0.4, -0.2) is 10.1 Å². The first-order valence-electron chi connectivity index (χ1n) is 5.28. The quantitative estimate of drug-likeness (QED) is 0.717. The number of aliphatic hydroxyl groups excluding tert-OH is 1. The zero-order valence-electron chi connectivity index (χ0n) is 9.20. The van der Waals surface area contributed by atoms with E-state index in [9.17, 15) is 5.11 Å². The minimum Gasteiger partial charge on any atom is -0.459 e. The number of halogens is 1. The SMILES string of the molecule is Cc1oc2c(cc(Cl)c3cccnc32)c1CO. The third-order valence-electron chi connectivity index (χ3n) is 2.96. The lowest BCUT2D eigenvalue weighted by Crippen LogP contribution is -1.84. The fourth-order valence-corrected chi connectivity index (χ4v) is 2.37. The zero-order chi connectivity index (χ0) is 12.0. The minimum atomic E-state index is -0.0620. The first-order valence-corrected chi connectivity index (χ1v) is 5.66. The van der Waals surface area contributed by atoms with E-state index in [0.717, 1.165) is 21.9 Å². The Hall–Kier alpha value is -1.58. The van der Waals surface area contributed by atoms with Crippen molar-refractivity contribution >= 4 is 33.5 Å². The highest BCUT2D eigenvalue weighted by Crippen LogP contribution is 2.35. The average molecular weight is 248 g/mol. The van der Waals surface area contributed by atoms with Crippen LogP contribution in [0, 0.1) is 6.92 Å². The summed E-state index contributed by atoms with van der Waals surface area (Å²) in [6.07, 6.45) is 1.70. The van der Waals surface area contributed by atoms with E-state index in [2.05, 4.69) is 4.98 Å². The van der Waals surface area contributed by atoms with Gasteiger partial charge >= 0.3 is 0 Å². The molecule has 0 aliphatic heterocycles. The number of rotatable bonds is 1. The average Bonchev–Trinajstić information content (AvgIpc) is 2.66. The molecule has 0 saturated carbocycles. The standard InChI is InChI=1S/C13H10ClNO2/c1-7-10(6-16)9-5-11(14)8-3-2-4-15-12(8)13(9)17-7/h2-5,16H,6H2,1H3. The number of benzene rings is 1. The lowest BCUT2D eigenvalue weighted by molar-refractivity contribution is 0.280. The Kier molecular flexibility index (Phi) is 2.31. The van der Waals surface area contributed by atoms with Crippen molar-refractivity contribution in [2.75, 3.05) is 0 Å². The van der Waals surface area contributed by atoms with Crippen LogP contribution in [0.5, 0.6) is 0 Å². The molecule has 0 amide bonds. The molecule has 0 atom stereocenters. The van der Waals surface area contributed by atoms with E-state index < -0.39 is 0 Å². The molecule has 4 heteroatoms. The number of aliphatic hydroxyl groups is 1.